The Morgan fingerprint density at radius 3 is 2.84 bits per heavy atom. The lowest BCUT2D eigenvalue weighted by molar-refractivity contribution is -0.0382. The number of ether oxygens (including phenoxy) is 2. The first-order chi connectivity index (χ1) is 20.8. The molecule has 0 radical (unpaired) electrons. The number of fused-ring (bicyclic) bond motifs is 4. The number of aromatic amines is 1. The summed E-state index contributed by atoms with van der Waals surface area (Å²) in [5.41, 5.74) is 1.96. The number of methoxy groups -OCH3 is 1. The van der Waals surface area contributed by atoms with Crippen LogP contribution >= 0.6 is 0 Å². The normalized spacial score (nSPS) is 29.3. The second-order valence-corrected chi connectivity index (χ2v) is 11.9. The lowest BCUT2D eigenvalue weighted by Crippen LogP contribution is -2.54. The van der Waals surface area contributed by atoms with Crippen LogP contribution < -0.4 is 16.0 Å². The van der Waals surface area contributed by atoms with E-state index in [0.717, 1.165) is 53.8 Å². The monoisotopic (exact) mass is 589 g/mol. The van der Waals surface area contributed by atoms with Crippen molar-refractivity contribution in [2.45, 2.75) is 62.6 Å². The zero-order chi connectivity index (χ0) is 29.8. The minimum atomic E-state index is -0.671. The second-order valence-electron chi connectivity index (χ2n) is 11.9. The van der Waals surface area contributed by atoms with E-state index < -0.39 is 29.7 Å². The number of hydrogen-bond donors (Lipinski definition) is 3. The molecule has 4 aliphatic rings. The number of hydrogen-bond acceptors (Lipinski definition) is 10. The molecule has 13 heteroatoms. The van der Waals surface area contributed by atoms with E-state index in [1.54, 1.807) is 24.9 Å². The van der Waals surface area contributed by atoms with E-state index >= 15 is 0 Å². The summed E-state index contributed by atoms with van der Waals surface area (Å²) in [5.74, 6) is 1.22. The molecule has 4 saturated heterocycles. The van der Waals surface area contributed by atoms with Gasteiger partial charge in [-0.15, -0.1) is 5.10 Å². The molecule has 8 atom stereocenters. The van der Waals surface area contributed by atoms with Crippen molar-refractivity contribution in [1.82, 2.24) is 34.4 Å². The van der Waals surface area contributed by atoms with E-state index in [4.69, 9.17) is 9.47 Å². The maximum atomic E-state index is 12.5. The van der Waals surface area contributed by atoms with E-state index in [1.165, 1.54) is 10.8 Å². The molecule has 4 fully saturated rings. The largest absolute Gasteiger partial charge is 0.497 e. The van der Waals surface area contributed by atoms with Gasteiger partial charge in [-0.05, 0) is 62.1 Å². The van der Waals surface area contributed by atoms with Crippen LogP contribution in [0.1, 0.15) is 60.4 Å². The van der Waals surface area contributed by atoms with Gasteiger partial charge in [0.2, 0.25) is 0 Å². The fraction of sp³-hybridized carbons (Fsp3) is 0.500. The number of aryl methyl sites for hydroxylation is 1. The highest BCUT2D eigenvalue weighted by Crippen LogP contribution is 2.45. The quantitative estimate of drug-likeness (QED) is 0.288. The fourth-order valence-corrected chi connectivity index (χ4v) is 7.22. The lowest BCUT2D eigenvalue weighted by Gasteiger charge is -2.50. The van der Waals surface area contributed by atoms with Crippen molar-refractivity contribution in [2.75, 3.05) is 26.8 Å². The third-order valence-electron chi connectivity index (χ3n) is 9.55. The number of aromatic nitrogens is 6. The smallest absolute Gasteiger partial charge is 0.330 e. The van der Waals surface area contributed by atoms with Gasteiger partial charge in [-0.25, -0.2) is 9.48 Å². The summed E-state index contributed by atoms with van der Waals surface area (Å²) in [6.07, 6.45) is 5.48. The number of H-pyrrole nitrogens is 1. The van der Waals surface area contributed by atoms with Crippen molar-refractivity contribution in [3.8, 4) is 5.75 Å². The van der Waals surface area contributed by atoms with Crippen LogP contribution in [0.3, 0.4) is 0 Å². The van der Waals surface area contributed by atoms with E-state index in [0.29, 0.717) is 17.9 Å². The Labute approximate surface area is 246 Å². The molecule has 43 heavy (non-hydrogen) atoms. The van der Waals surface area contributed by atoms with Crippen LogP contribution in [-0.4, -0.2) is 83.6 Å². The number of piperidine rings is 3. The summed E-state index contributed by atoms with van der Waals surface area (Å²) in [6.45, 7) is 3.04. The lowest BCUT2D eigenvalue weighted by atomic mass is 9.72. The highest BCUT2D eigenvalue weighted by molar-refractivity contribution is 5.84. The van der Waals surface area contributed by atoms with Gasteiger partial charge >= 0.3 is 5.69 Å². The molecular weight excluding hydrogens is 554 g/mol. The Balaban J connectivity index is 1.09. The Bertz CT molecular complexity index is 1770. The molecule has 4 aliphatic heterocycles. The van der Waals surface area contributed by atoms with E-state index in [-0.39, 0.29) is 24.6 Å². The molecule has 226 valence electrons. The van der Waals surface area contributed by atoms with Gasteiger partial charge in [0, 0.05) is 54.5 Å². The zero-order valence-electron chi connectivity index (χ0n) is 24.0. The van der Waals surface area contributed by atoms with Crippen molar-refractivity contribution >= 4 is 10.9 Å². The molecule has 7 heterocycles. The van der Waals surface area contributed by atoms with Crippen molar-refractivity contribution in [3.63, 3.8) is 0 Å². The topological polar surface area (TPSA) is 161 Å². The van der Waals surface area contributed by atoms with Crippen molar-refractivity contribution < 1.29 is 19.7 Å². The first-order valence-electron chi connectivity index (χ1n) is 14.7. The van der Waals surface area contributed by atoms with Crippen LogP contribution in [0, 0.1) is 12.8 Å². The van der Waals surface area contributed by atoms with E-state index in [1.807, 2.05) is 30.5 Å². The van der Waals surface area contributed by atoms with Gasteiger partial charge in [-0.2, -0.15) is 0 Å². The van der Waals surface area contributed by atoms with Gasteiger partial charge in [-0.3, -0.25) is 24.2 Å². The maximum absolute atomic E-state index is 12.5. The minimum Gasteiger partial charge on any atom is -0.497 e. The van der Waals surface area contributed by atoms with Crippen molar-refractivity contribution in [1.29, 1.82) is 0 Å². The summed E-state index contributed by atoms with van der Waals surface area (Å²) < 4.78 is 14.5. The number of aliphatic hydroxyl groups is 2. The van der Waals surface area contributed by atoms with Crippen LogP contribution in [0.2, 0.25) is 0 Å². The summed E-state index contributed by atoms with van der Waals surface area (Å²) in [4.78, 5) is 33.4. The molecule has 4 aromatic rings. The van der Waals surface area contributed by atoms with Crippen molar-refractivity contribution in [2.24, 2.45) is 5.92 Å². The average molecular weight is 590 g/mol. The van der Waals surface area contributed by atoms with E-state index in [9.17, 15) is 19.8 Å². The Kier molecular flexibility index (Phi) is 7.12. The maximum Gasteiger partial charge on any atom is 0.330 e. The predicted octanol–water partition coefficient (Wildman–Crippen LogP) is 1.43. The molecule has 0 spiro atoms. The number of nitrogens with zero attached hydrogens (tertiary/aromatic N) is 6. The van der Waals surface area contributed by atoms with Gasteiger partial charge in [0.05, 0.1) is 37.1 Å². The fourth-order valence-electron chi connectivity index (χ4n) is 7.22. The second kappa shape index (κ2) is 11.0. The van der Waals surface area contributed by atoms with Crippen LogP contribution in [0.4, 0.5) is 0 Å². The third kappa shape index (κ3) is 4.85. The molecule has 1 aromatic carbocycles. The number of aliphatic hydroxyl groups excluding tert-OH is 2. The standard InChI is InChI=1S/C30H35N7O6/c1-16-12-36(30(41)32-29(16)40)27-11-24(26(15-38)43-27)37-14-23(33-34-37)21-13-35-8-6-17(21)9-25(35)28(39)19-5-7-31-22-4-3-18(42-2)10-20(19)22/h3-5,7,10,12,14,17,21,24-28,38-39H,6,8-9,11,13,15H2,1-2H3,(H,32,40,41)/t17?,21?,24-,25-,26+,27+,28+/m0/s1. The highest BCUT2D eigenvalue weighted by Gasteiger charge is 2.45. The number of rotatable bonds is 7. The molecule has 3 N–H and O–H groups in total. The van der Waals surface area contributed by atoms with Gasteiger partial charge < -0.3 is 19.7 Å². The van der Waals surface area contributed by atoms with Gasteiger partial charge in [0.25, 0.3) is 5.56 Å². The van der Waals surface area contributed by atoms with Crippen LogP contribution in [0.15, 0.2) is 52.4 Å². The highest BCUT2D eigenvalue weighted by atomic mass is 16.5. The van der Waals surface area contributed by atoms with Crippen LogP contribution in [0.25, 0.3) is 10.9 Å². The Morgan fingerprint density at radius 1 is 1.21 bits per heavy atom. The molecular formula is C30H35N7O6. The molecule has 0 saturated carbocycles. The predicted molar refractivity (Wildman–Crippen MR) is 155 cm³/mol. The SMILES string of the molecule is COc1ccc2nccc([C@@H](O)[C@@H]3CC4CCN3CC4c3cn([C@H]4C[C@H](n5cc(C)c(=O)[nH]c5=O)O[C@@H]4CO)nn3)c2c1. The summed E-state index contributed by atoms with van der Waals surface area (Å²) in [7, 11) is 1.63. The minimum absolute atomic E-state index is 0.0244. The summed E-state index contributed by atoms with van der Waals surface area (Å²) in [5, 5.41) is 31.6. The number of benzene rings is 1. The molecule has 0 amide bonds. The summed E-state index contributed by atoms with van der Waals surface area (Å²) in [6, 6.07) is 7.27. The third-order valence-corrected chi connectivity index (χ3v) is 9.55. The van der Waals surface area contributed by atoms with Gasteiger partial charge in [0.15, 0.2) is 0 Å². The van der Waals surface area contributed by atoms with E-state index in [2.05, 4.69) is 25.2 Å². The summed E-state index contributed by atoms with van der Waals surface area (Å²) >= 11 is 0. The first-order valence-corrected chi connectivity index (χ1v) is 14.7. The first kappa shape index (κ1) is 27.9. The molecule has 2 bridgehead atoms. The Hall–Kier alpha value is -3.91. The average Bonchev–Trinajstić information content (AvgIpc) is 3.70. The van der Waals surface area contributed by atoms with Gasteiger partial charge in [0.1, 0.15) is 18.1 Å². The van der Waals surface area contributed by atoms with Crippen LogP contribution in [0.5, 0.6) is 5.75 Å². The molecule has 8 rings (SSSR count). The molecule has 13 nitrogen and oxygen atoms in total. The molecule has 0 aliphatic carbocycles. The van der Waals surface area contributed by atoms with Gasteiger partial charge in [-0.1, -0.05) is 5.21 Å². The zero-order valence-corrected chi connectivity index (χ0v) is 24.0. The Morgan fingerprint density at radius 2 is 2.07 bits per heavy atom. The number of nitrogens with one attached hydrogen (secondary N) is 1. The molecule has 3 unspecified atom stereocenters. The van der Waals surface area contributed by atoms with Crippen LogP contribution in [-0.2, 0) is 4.74 Å². The number of pyridine rings is 1. The molecule has 3 aromatic heterocycles. The van der Waals surface area contributed by atoms with Crippen molar-refractivity contribution in [3.05, 3.63) is 80.5 Å².